The van der Waals surface area contributed by atoms with E-state index < -0.39 is 0 Å². The molecule has 7 heteroatoms. The van der Waals surface area contributed by atoms with Gasteiger partial charge in [0.2, 0.25) is 5.91 Å². The van der Waals surface area contributed by atoms with E-state index in [0.29, 0.717) is 24.5 Å². The van der Waals surface area contributed by atoms with Crippen LogP contribution in [0.2, 0.25) is 0 Å². The largest absolute Gasteiger partial charge is 0.347 e. The molecule has 21 heavy (non-hydrogen) atoms. The highest BCUT2D eigenvalue weighted by Crippen LogP contribution is 2.21. The number of aromatic nitrogens is 1. The zero-order valence-corrected chi connectivity index (χ0v) is 14.0. The number of rotatable bonds is 2. The molecule has 2 amide bonds. The molecule has 0 N–H and O–H groups in total. The molecule has 1 aromatic heterocycles. The van der Waals surface area contributed by atoms with Crippen LogP contribution in [0.3, 0.4) is 0 Å². The van der Waals surface area contributed by atoms with Crippen molar-refractivity contribution in [2.45, 2.75) is 19.9 Å². The summed E-state index contributed by atoms with van der Waals surface area (Å²) in [6.07, 6.45) is 0. The summed E-state index contributed by atoms with van der Waals surface area (Å²) < 4.78 is 0. The molecule has 1 atom stereocenters. The average Bonchev–Trinajstić information content (AvgIpc) is 2.76. The molecule has 6 nitrogen and oxygen atoms in total. The molecule has 1 fully saturated rings. The van der Waals surface area contributed by atoms with E-state index in [9.17, 15) is 9.59 Å². The van der Waals surface area contributed by atoms with Crippen molar-refractivity contribution in [1.82, 2.24) is 19.7 Å². The number of nitrogens with zero attached hydrogens (tertiary/aromatic N) is 4. The van der Waals surface area contributed by atoms with Gasteiger partial charge in [0, 0.05) is 33.7 Å². The lowest BCUT2D eigenvalue weighted by Crippen LogP contribution is -2.58. The fourth-order valence-electron chi connectivity index (χ4n) is 2.50. The first-order valence-electron chi connectivity index (χ1n) is 6.96. The number of carbonyl (C=O) groups excluding carboxylic acids is 2. The molecule has 0 aliphatic carbocycles. The zero-order valence-electron chi connectivity index (χ0n) is 13.2. The third-order valence-electron chi connectivity index (χ3n) is 3.76. The molecule has 1 aliphatic rings. The summed E-state index contributed by atoms with van der Waals surface area (Å²) >= 11 is 1.42. The predicted molar refractivity (Wildman–Crippen MR) is 82.6 cm³/mol. The summed E-state index contributed by atoms with van der Waals surface area (Å²) in [6, 6.07) is -0.271. The molecule has 0 radical (unpaired) electrons. The first-order valence-corrected chi connectivity index (χ1v) is 7.77. The number of carbonyl (C=O) groups is 2. The Balaban J connectivity index is 2.16. The predicted octanol–water partition coefficient (Wildman–Crippen LogP) is 0.604. The third kappa shape index (κ3) is 3.24. The van der Waals surface area contributed by atoms with Crippen molar-refractivity contribution in [3.05, 3.63) is 15.6 Å². The molecule has 0 bridgehead atoms. The standard InChI is InChI=1S/C14H22N4O2S/c1-9-12(21-10(2)15-9)14(20)18-7-6-17(5)11(8-18)13(19)16(3)4/h11H,6-8H2,1-5H3. The molecule has 1 aromatic rings. The summed E-state index contributed by atoms with van der Waals surface area (Å²) in [4.78, 5) is 35.2. The monoisotopic (exact) mass is 310 g/mol. The van der Waals surface area contributed by atoms with Crippen molar-refractivity contribution in [2.75, 3.05) is 40.8 Å². The van der Waals surface area contributed by atoms with Crippen LogP contribution < -0.4 is 0 Å². The fourth-order valence-corrected chi connectivity index (χ4v) is 3.38. The van der Waals surface area contributed by atoms with E-state index in [0.717, 1.165) is 10.7 Å². The number of hydrogen-bond acceptors (Lipinski definition) is 5. The second-order valence-electron chi connectivity index (χ2n) is 5.63. The first kappa shape index (κ1) is 15.9. The van der Waals surface area contributed by atoms with Crippen LogP contribution in [0, 0.1) is 13.8 Å². The maximum Gasteiger partial charge on any atom is 0.265 e. The maximum atomic E-state index is 12.6. The third-order valence-corrected chi connectivity index (χ3v) is 4.82. The highest BCUT2D eigenvalue weighted by Gasteiger charge is 2.34. The lowest BCUT2D eigenvalue weighted by atomic mass is 10.1. The minimum absolute atomic E-state index is 0.0113. The van der Waals surface area contributed by atoms with Gasteiger partial charge in [-0.2, -0.15) is 0 Å². The summed E-state index contributed by atoms with van der Waals surface area (Å²) in [5.74, 6) is 0.0231. The average molecular weight is 310 g/mol. The lowest BCUT2D eigenvalue weighted by molar-refractivity contribution is -0.135. The number of thiazole rings is 1. The Morgan fingerprint density at radius 3 is 2.48 bits per heavy atom. The second kappa shape index (κ2) is 6.11. The van der Waals surface area contributed by atoms with Gasteiger partial charge in [-0.25, -0.2) is 4.98 Å². The quantitative estimate of drug-likeness (QED) is 0.803. The van der Waals surface area contributed by atoms with Crippen molar-refractivity contribution in [3.63, 3.8) is 0 Å². The van der Waals surface area contributed by atoms with Crippen molar-refractivity contribution in [1.29, 1.82) is 0 Å². The van der Waals surface area contributed by atoms with Gasteiger partial charge in [-0.3, -0.25) is 14.5 Å². The Morgan fingerprint density at radius 2 is 1.95 bits per heavy atom. The Morgan fingerprint density at radius 1 is 1.29 bits per heavy atom. The van der Waals surface area contributed by atoms with Gasteiger partial charge in [0.25, 0.3) is 5.91 Å². The molecular weight excluding hydrogens is 288 g/mol. The van der Waals surface area contributed by atoms with Crippen molar-refractivity contribution >= 4 is 23.2 Å². The highest BCUT2D eigenvalue weighted by molar-refractivity contribution is 7.13. The number of hydrogen-bond donors (Lipinski definition) is 0. The van der Waals surface area contributed by atoms with Gasteiger partial charge in [-0.05, 0) is 20.9 Å². The van der Waals surface area contributed by atoms with E-state index in [1.807, 2.05) is 25.8 Å². The number of likely N-dealkylation sites (N-methyl/N-ethyl adjacent to an activating group) is 2. The van der Waals surface area contributed by atoms with Crippen LogP contribution in [0.1, 0.15) is 20.4 Å². The van der Waals surface area contributed by atoms with Crippen LogP contribution in [0.5, 0.6) is 0 Å². The van der Waals surface area contributed by atoms with Gasteiger partial charge in [0.15, 0.2) is 0 Å². The summed E-state index contributed by atoms with van der Waals surface area (Å²) in [6.45, 7) is 5.53. The fraction of sp³-hybridized carbons (Fsp3) is 0.643. The van der Waals surface area contributed by atoms with Gasteiger partial charge in [-0.15, -0.1) is 11.3 Å². The molecule has 2 heterocycles. The minimum Gasteiger partial charge on any atom is -0.347 e. The molecule has 0 aromatic carbocycles. The van der Waals surface area contributed by atoms with Crippen LogP contribution in [0.15, 0.2) is 0 Å². The molecule has 116 valence electrons. The van der Waals surface area contributed by atoms with Gasteiger partial charge in [0.1, 0.15) is 10.9 Å². The first-order chi connectivity index (χ1) is 9.81. The van der Waals surface area contributed by atoms with Gasteiger partial charge in [0.05, 0.1) is 10.7 Å². The topological polar surface area (TPSA) is 56.8 Å². The number of amides is 2. The van der Waals surface area contributed by atoms with Crippen molar-refractivity contribution in [3.8, 4) is 0 Å². The molecule has 1 unspecified atom stereocenters. The van der Waals surface area contributed by atoms with Gasteiger partial charge in [-0.1, -0.05) is 0 Å². The van der Waals surface area contributed by atoms with E-state index in [-0.39, 0.29) is 17.9 Å². The summed E-state index contributed by atoms with van der Waals surface area (Å²) in [5, 5.41) is 0.894. The zero-order chi connectivity index (χ0) is 15.7. The van der Waals surface area contributed by atoms with Gasteiger partial charge >= 0.3 is 0 Å². The Labute approximate surface area is 129 Å². The van der Waals surface area contributed by atoms with E-state index in [1.165, 1.54) is 11.3 Å². The van der Waals surface area contributed by atoms with Crippen LogP contribution >= 0.6 is 11.3 Å². The van der Waals surface area contributed by atoms with Crippen LogP contribution in [0.4, 0.5) is 0 Å². The van der Waals surface area contributed by atoms with Crippen LogP contribution in [-0.2, 0) is 4.79 Å². The van der Waals surface area contributed by atoms with Crippen molar-refractivity contribution < 1.29 is 9.59 Å². The molecule has 0 saturated carbocycles. The second-order valence-corrected chi connectivity index (χ2v) is 6.83. The summed E-state index contributed by atoms with van der Waals surface area (Å²) in [7, 11) is 5.41. The van der Waals surface area contributed by atoms with Gasteiger partial charge < -0.3 is 9.80 Å². The Hall–Kier alpha value is -1.47. The maximum absolute atomic E-state index is 12.6. The summed E-state index contributed by atoms with van der Waals surface area (Å²) in [5.41, 5.74) is 0.775. The molecule has 1 saturated heterocycles. The smallest absolute Gasteiger partial charge is 0.265 e. The van der Waals surface area contributed by atoms with E-state index in [1.54, 1.807) is 23.9 Å². The minimum atomic E-state index is -0.271. The van der Waals surface area contributed by atoms with E-state index >= 15 is 0 Å². The molecule has 0 spiro atoms. The molecule has 1 aliphatic heterocycles. The van der Waals surface area contributed by atoms with E-state index in [4.69, 9.17) is 0 Å². The van der Waals surface area contributed by atoms with E-state index in [2.05, 4.69) is 4.98 Å². The Kier molecular flexibility index (Phi) is 4.63. The molecular formula is C14H22N4O2S. The Bertz CT molecular complexity index is 555. The molecule has 2 rings (SSSR count). The van der Waals surface area contributed by atoms with Crippen LogP contribution in [0.25, 0.3) is 0 Å². The number of aryl methyl sites for hydroxylation is 2. The highest BCUT2D eigenvalue weighted by atomic mass is 32.1. The van der Waals surface area contributed by atoms with Crippen molar-refractivity contribution in [2.24, 2.45) is 0 Å². The lowest BCUT2D eigenvalue weighted by Gasteiger charge is -2.39. The normalized spacial score (nSPS) is 19.7. The number of piperazine rings is 1. The SMILES string of the molecule is Cc1nc(C)c(C(=O)N2CCN(C)C(C(=O)N(C)C)C2)s1. The van der Waals surface area contributed by atoms with Crippen LogP contribution in [-0.4, -0.2) is 78.3 Å².